The van der Waals surface area contributed by atoms with Gasteiger partial charge in [-0.2, -0.15) is 0 Å². The lowest BCUT2D eigenvalue weighted by atomic mass is 10.1. The van der Waals surface area contributed by atoms with Gasteiger partial charge in [-0.1, -0.05) is 41.1 Å². The number of hydrogen-bond donors (Lipinski definition) is 2. The van der Waals surface area contributed by atoms with Crippen molar-refractivity contribution in [1.29, 1.82) is 0 Å². The Labute approximate surface area is 188 Å². The number of nitrogens with zero attached hydrogens (tertiary/aromatic N) is 3. The van der Waals surface area contributed by atoms with Crippen LogP contribution in [0.2, 0.25) is 0 Å². The van der Waals surface area contributed by atoms with E-state index in [0.29, 0.717) is 15.5 Å². The van der Waals surface area contributed by atoms with E-state index in [4.69, 9.17) is 15.0 Å². The summed E-state index contributed by atoms with van der Waals surface area (Å²) in [6.45, 7) is 2.07. The Morgan fingerprint density at radius 2 is 2.06 bits per heavy atom. The van der Waals surface area contributed by atoms with Gasteiger partial charge in [0.1, 0.15) is 5.57 Å². The van der Waals surface area contributed by atoms with Crippen LogP contribution in [0.5, 0.6) is 11.5 Å². The van der Waals surface area contributed by atoms with Gasteiger partial charge in [0.2, 0.25) is 5.78 Å². The highest BCUT2D eigenvalue weighted by Crippen LogP contribution is 2.41. The van der Waals surface area contributed by atoms with Crippen LogP contribution in [0.15, 0.2) is 69.2 Å². The zero-order chi connectivity index (χ0) is 22.9. The van der Waals surface area contributed by atoms with Gasteiger partial charge in [-0.05, 0) is 48.4 Å². The van der Waals surface area contributed by atoms with Crippen molar-refractivity contribution < 1.29 is 24.2 Å². The molecule has 0 aliphatic carbocycles. The molecular formula is C22H20N4O5S. The highest BCUT2D eigenvalue weighted by molar-refractivity contribution is 8.08. The number of esters is 1. The zero-order valence-electron chi connectivity index (χ0n) is 17.1. The number of carbonyl (C=O) groups is 2. The summed E-state index contributed by atoms with van der Waals surface area (Å²) in [4.78, 5) is 28.3. The molecule has 164 valence electrons. The molecule has 0 atom stereocenters. The topological polar surface area (TPSA) is 134 Å². The second-order valence-electron chi connectivity index (χ2n) is 6.39. The number of carbonyl (C=O) groups excluding carboxylic acids is 2. The second-order valence-corrected chi connectivity index (χ2v) is 7.44. The van der Waals surface area contributed by atoms with Gasteiger partial charge in [-0.3, -0.25) is 4.79 Å². The van der Waals surface area contributed by atoms with E-state index < -0.39 is 11.8 Å². The van der Waals surface area contributed by atoms with Crippen molar-refractivity contribution in [3.05, 3.63) is 80.0 Å². The number of aromatic hydroxyl groups is 1. The first-order valence-corrected chi connectivity index (χ1v) is 10.5. The molecule has 0 aromatic heterocycles. The number of para-hydroxylation sites is 1. The van der Waals surface area contributed by atoms with Crippen LogP contribution in [0.1, 0.15) is 12.5 Å². The van der Waals surface area contributed by atoms with Gasteiger partial charge in [-0.25, -0.2) is 4.79 Å². The molecule has 1 heterocycles. The molecule has 1 aliphatic heterocycles. The summed E-state index contributed by atoms with van der Waals surface area (Å²) in [5.74, 6) is -1.06. The summed E-state index contributed by atoms with van der Waals surface area (Å²) in [6, 6.07) is 13.8. The van der Waals surface area contributed by atoms with Crippen molar-refractivity contribution >= 4 is 35.3 Å². The molecule has 3 rings (SSSR count). The van der Waals surface area contributed by atoms with Crippen molar-refractivity contribution in [3.63, 3.8) is 0 Å². The van der Waals surface area contributed by atoms with Gasteiger partial charge in [0.15, 0.2) is 11.5 Å². The monoisotopic (exact) mass is 452 g/mol. The molecular weight excluding hydrogens is 432 g/mol. The molecule has 0 radical (unpaired) electrons. The molecule has 9 nitrogen and oxygen atoms in total. The van der Waals surface area contributed by atoms with Crippen LogP contribution in [-0.4, -0.2) is 36.6 Å². The number of azide groups is 1. The minimum atomic E-state index is -0.696. The first-order chi connectivity index (χ1) is 15.5. The standard InChI is InChI=1S/C22H20N4O5S/c1-2-30-22(29)19-20(28)18(32-21(19)25-15-6-4-3-5-7-15)13-14-8-9-17(16(27)12-14)31-11-10-24-26-23/h3-9,12-13,25,27H,2,10-11H2,1H3/b18-13-. The number of allylic oxidation sites excluding steroid dienone is 1. The number of rotatable bonds is 9. The van der Waals surface area contributed by atoms with E-state index in [1.165, 1.54) is 6.07 Å². The predicted octanol–water partition coefficient (Wildman–Crippen LogP) is 4.62. The highest BCUT2D eigenvalue weighted by atomic mass is 32.2. The van der Waals surface area contributed by atoms with Gasteiger partial charge in [0.25, 0.3) is 0 Å². The highest BCUT2D eigenvalue weighted by Gasteiger charge is 2.35. The molecule has 0 amide bonds. The molecule has 32 heavy (non-hydrogen) atoms. The van der Waals surface area contributed by atoms with Crippen molar-refractivity contribution in [3.8, 4) is 11.5 Å². The van der Waals surface area contributed by atoms with Gasteiger partial charge in [-0.15, -0.1) is 0 Å². The molecule has 0 saturated heterocycles. The fourth-order valence-electron chi connectivity index (χ4n) is 2.80. The van der Waals surface area contributed by atoms with Crippen LogP contribution in [0.3, 0.4) is 0 Å². The molecule has 0 unspecified atom stereocenters. The molecule has 0 bridgehead atoms. The van der Waals surface area contributed by atoms with E-state index in [-0.39, 0.29) is 36.8 Å². The van der Waals surface area contributed by atoms with Crippen LogP contribution in [0, 0.1) is 0 Å². The second kappa shape index (κ2) is 10.9. The van der Waals surface area contributed by atoms with Gasteiger partial charge in [0.05, 0.1) is 29.7 Å². The Bertz CT molecular complexity index is 1120. The van der Waals surface area contributed by atoms with E-state index in [1.807, 2.05) is 30.3 Å². The van der Waals surface area contributed by atoms with E-state index in [1.54, 1.807) is 25.1 Å². The van der Waals surface area contributed by atoms with Crippen molar-refractivity contribution in [2.45, 2.75) is 6.92 Å². The lowest BCUT2D eigenvalue weighted by molar-refractivity contribution is -0.139. The summed E-state index contributed by atoms with van der Waals surface area (Å²) in [5.41, 5.74) is 9.49. The number of phenols is 1. The average molecular weight is 452 g/mol. The van der Waals surface area contributed by atoms with Gasteiger partial charge < -0.3 is 19.9 Å². The molecule has 10 heteroatoms. The van der Waals surface area contributed by atoms with Crippen LogP contribution in [0.4, 0.5) is 5.69 Å². The normalized spacial score (nSPS) is 14.3. The number of phenolic OH excluding ortho intramolecular Hbond substituents is 1. The molecule has 2 aromatic carbocycles. The van der Waals surface area contributed by atoms with Crippen LogP contribution in [-0.2, 0) is 14.3 Å². The average Bonchev–Trinajstić information content (AvgIpc) is 3.08. The number of Topliss-reactive ketones (excluding diaryl/α,β-unsaturated/α-hetero) is 1. The van der Waals surface area contributed by atoms with E-state index in [2.05, 4.69) is 15.3 Å². The minimum absolute atomic E-state index is 0.0609. The molecule has 0 saturated carbocycles. The zero-order valence-corrected chi connectivity index (χ0v) is 18.0. The number of benzene rings is 2. The Morgan fingerprint density at radius 3 is 2.75 bits per heavy atom. The smallest absolute Gasteiger partial charge is 0.344 e. The molecule has 2 aromatic rings. The quantitative estimate of drug-likeness (QED) is 0.108. The summed E-state index contributed by atoms with van der Waals surface area (Å²) < 4.78 is 10.4. The van der Waals surface area contributed by atoms with Crippen LogP contribution in [0.25, 0.3) is 16.5 Å². The predicted molar refractivity (Wildman–Crippen MR) is 122 cm³/mol. The summed E-state index contributed by atoms with van der Waals surface area (Å²) in [6.07, 6.45) is 1.58. The lowest BCUT2D eigenvalue weighted by Crippen LogP contribution is -2.16. The summed E-state index contributed by atoms with van der Waals surface area (Å²) in [5, 5.41) is 17.0. The number of ether oxygens (including phenoxy) is 2. The number of anilines is 1. The number of ketones is 1. The first-order valence-electron chi connectivity index (χ1n) is 9.68. The van der Waals surface area contributed by atoms with Crippen molar-refractivity contribution in [2.24, 2.45) is 5.11 Å². The van der Waals surface area contributed by atoms with E-state index in [0.717, 1.165) is 17.4 Å². The fourth-order valence-corrected chi connectivity index (χ4v) is 3.85. The Kier molecular flexibility index (Phi) is 7.80. The third kappa shape index (κ3) is 5.63. The molecule has 1 aliphatic rings. The third-order valence-electron chi connectivity index (χ3n) is 4.19. The first kappa shape index (κ1) is 22.8. The van der Waals surface area contributed by atoms with E-state index in [9.17, 15) is 14.7 Å². The van der Waals surface area contributed by atoms with Crippen molar-refractivity contribution in [1.82, 2.24) is 0 Å². The van der Waals surface area contributed by atoms with Gasteiger partial charge in [0, 0.05) is 10.6 Å². The maximum atomic E-state index is 13.0. The molecule has 2 N–H and O–H groups in total. The number of hydrogen-bond acceptors (Lipinski definition) is 8. The maximum Gasteiger partial charge on any atom is 0.344 e. The number of thioether (sulfide) groups is 1. The van der Waals surface area contributed by atoms with Crippen LogP contribution < -0.4 is 10.1 Å². The van der Waals surface area contributed by atoms with E-state index >= 15 is 0 Å². The lowest BCUT2D eigenvalue weighted by Gasteiger charge is -2.08. The maximum absolute atomic E-state index is 13.0. The largest absolute Gasteiger partial charge is 0.504 e. The van der Waals surface area contributed by atoms with Gasteiger partial charge >= 0.3 is 5.97 Å². The molecule has 0 spiro atoms. The van der Waals surface area contributed by atoms with Crippen molar-refractivity contribution in [2.75, 3.05) is 25.1 Å². The SMILES string of the molecule is CCOC(=O)C1=C(Nc2ccccc2)S/C(=C\c2ccc(OCCN=[N+]=[N-])c(O)c2)C1=O. The number of nitrogens with one attached hydrogen (secondary N) is 1. The Balaban J connectivity index is 1.82. The minimum Gasteiger partial charge on any atom is -0.504 e. The third-order valence-corrected chi connectivity index (χ3v) is 5.23. The Hall–Kier alpha value is -3.88. The summed E-state index contributed by atoms with van der Waals surface area (Å²) >= 11 is 1.12. The fraction of sp³-hybridized carbons (Fsp3) is 0.182. The Morgan fingerprint density at radius 1 is 1.28 bits per heavy atom. The van der Waals surface area contributed by atoms with Crippen LogP contribution >= 0.6 is 11.8 Å². The molecule has 0 fully saturated rings. The summed E-state index contributed by atoms with van der Waals surface area (Å²) in [7, 11) is 0.